The number of rotatable bonds is 11. The lowest BCUT2D eigenvalue weighted by Gasteiger charge is -2.23. The van der Waals surface area contributed by atoms with Crippen molar-refractivity contribution in [3.63, 3.8) is 0 Å². The van der Waals surface area contributed by atoms with Crippen LogP contribution in [-0.2, 0) is 6.42 Å². The van der Waals surface area contributed by atoms with Crippen molar-refractivity contribution in [3.8, 4) is 28.6 Å². The van der Waals surface area contributed by atoms with Crippen molar-refractivity contribution in [1.29, 1.82) is 0 Å². The molecule has 1 aliphatic rings. The van der Waals surface area contributed by atoms with Crippen LogP contribution in [0.5, 0.6) is 11.5 Å². The lowest BCUT2D eigenvalue weighted by Crippen LogP contribution is -2.28. The monoisotopic (exact) mass is 652 g/mol. The van der Waals surface area contributed by atoms with Crippen LogP contribution in [-0.4, -0.2) is 58.3 Å². The van der Waals surface area contributed by atoms with Crippen LogP contribution in [0, 0.1) is 0 Å². The number of anilines is 1. The Bertz CT molecular complexity index is 1660. The lowest BCUT2D eigenvalue weighted by molar-refractivity contribution is -0.274. The fourth-order valence-electron chi connectivity index (χ4n) is 5.00. The first kappa shape index (κ1) is 32.9. The maximum atomic E-state index is 12.6. The average Bonchev–Trinajstić information content (AvgIpc) is 3.71. The predicted molar refractivity (Wildman–Crippen MR) is 174 cm³/mol. The van der Waals surface area contributed by atoms with E-state index < -0.39 is 6.36 Å². The number of aryl methyl sites for hydroxylation is 1. The highest BCUT2D eigenvalue weighted by molar-refractivity contribution is 8.14. The maximum Gasteiger partial charge on any atom is 0.573 e. The molecule has 242 valence electrons. The number of hydrogen-bond acceptors (Lipinski definition) is 6. The van der Waals surface area contributed by atoms with Gasteiger partial charge in [-0.05, 0) is 78.8 Å². The van der Waals surface area contributed by atoms with Crippen LogP contribution in [0.15, 0.2) is 78.0 Å². The van der Waals surface area contributed by atoms with Crippen molar-refractivity contribution in [2.45, 2.75) is 45.4 Å². The molecule has 13 heteroatoms. The van der Waals surface area contributed by atoms with Gasteiger partial charge in [-0.2, -0.15) is 4.99 Å². The molecule has 3 aromatic carbocycles. The fraction of sp³-hybridized carbons (Fsp3) is 0.333. The summed E-state index contributed by atoms with van der Waals surface area (Å²) in [6, 6.07) is 19.0. The number of amides is 2. The van der Waals surface area contributed by atoms with E-state index in [1.54, 1.807) is 18.9 Å². The van der Waals surface area contributed by atoms with E-state index in [2.05, 4.69) is 43.9 Å². The summed E-state index contributed by atoms with van der Waals surface area (Å²) in [4.78, 5) is 23.5. The molecule has 0 spiro atoms. The molecule has 0 saturated carbocycles. The SMILES string of the molecule is COc1ccc(N2CCS/C2=N\C(=O)NCCCCc2ccc(-c3ncn(-c4ccc(OC(F)(F)F)cc4)n3)cc2)c(C(C)C)c1. The second-order valence-corrected chi connectivity index (χ2v) is 12.0. The zero-order valence-electron chi connectivity index (χ0n) is 25.8. The van der Waals surface area contributed by atoms with Gasteiger partial charge in [0.1, 0.15) is 17.8 Å². The predicted octanol–water partition coefficient (Wildman–Crippen LogP) is 7.61. The smallest absolute Gasteiger partial charge is 0.497 e. The number of unbranched alkanes of at least 4 members (excludes halogenated alkanes) is 1. The fourth-order valence-corrected chi connectivity index (χ4v) is 5.95. The number of amidine groups is 1. The van der Waals surface area contributed by atoms with Crippen molar-refractivity contribution < 1.29 is 27.4 Å². The number of methoxy groups -OCH3 is 1. The van der Waals surface area contributed by atoms with Crippen LogP contribution in [0.1, 0.15) is 43.7 Å². The Morgan fingerprint density at radius 1 is 1.04 bits per heavy atom. The van der Waals surface area contributed by atoms with E-state index in [1.807, 2.05) is 42.5 Å². The van der Waals surface area contributed by atoms with Gasteiger partial charge >= 0.3 is 12.4 Å². The van der Waals surface area contributed by atoms with E-state index in [9.17, 15) is 18.0 Å². The maximum absolute atomic E-state index is 12.6. The van der Waals surface area contributed by atoms with Crippen molar-refractivity contribution in [1.82, 2.24) is 20.1 Å². The minimum atomic E-state index is -4.74. The van der Waals surface area contributed by atoms with Crippen LogP contribution in [0.25, 0.3) is 17.1 Å². The summed E-state index contributed by atoms with van der Waals surface area (Å²) >= 11 is 1.58. The van der Waals surface area contributed by atoms with E-state index in [0.717, 1.165) is 59.7 Å². The minimum absolute atomic E-state index is 0.293. The first-order chi connectivity index (χ1) is 22.1. The highest BCUT2D eigenvalue weighted by Gasteiger charge is 2.31. The molecule has 46 heavy (non-hydrogen) atoms. The van der Waals surface area contributed by atoms with E-state index in [1.165, 1.54) is 35.3 Å². The van der Waals surface area contributed by atoms with E-state index in [4.69, 9.17) is 4.74 Å². The Balaban J connectivity index is 1.08. The van der Waals surface area contributed by atoms with Crippen molar-refractivity contribution >= 4 is 28.6 Å². The topological polar surface area (TPSA) is 93.9 Å². The van der Waals surface area contributed by atoms with Crippen LogP contribution < -0.4 is 19.7 Å². The van der Waals surface area contributed by atoms with Gasteiger partial charge in [0.05, 0.1) is 12.8 Å². The summed E-state index contributed by atoms with van der Waals surface area (Å²) in [5, 5.41) is 8.07. The van der Waals surface area contributed by atoms with Gasteiger partial charge < -0.3 is 19.7 Å². The molecule has 1 N–H and O–H groups in total. The quantitative estimate of drug-likeness (QED) is 0.167. The number of aromatic nitrogens is 3. The first-order valence-electron chi connectivity index (χ1n) is 14.9. The second kappa shape index (κ2) is 14.7. The number of thioether (sulfide) groups is 1. The van der Waals surface area contributed by atoms with Gasteiger partial charge in [0, 0.05) is 30.1 Å². The zero-order chi connectivity index (χ0) is 32.7. The third kappa shape index (κ3) is 8.59. The Morgan fingerprint density at radius 3 is 2.48 bits per heavy atom. The van der Waals surface area contributed by atoms with Gasteiger partial charge in [-0.3, -0.25) is 0 Å². The number of carbonyl (C=O) groups excluding carboxylic acids is 1. The molecule has 4 aromatic rings. The van der Waals surface area contributed by atoms with Crippen molar-refractivity contribution in [2.75, 3.05) is 30.9 Å². The number of hydrogen-bond donors (Lipinski definition) is 1. The largest absolute Gasteiger partial charge is 0.573 e. The number of benzene rings is 3. The Labute approximate surface area is 269 Å². The average molecular weight is 653 g/mol. The number of nitrogens with zero attached hydrogens (tertiary/aromatic N) is 5. The molecule has 1 aromatic heterocycles. The van der Waals surface area contributed by atoms with Gasteiger partial charge in [0.2, 0.25) is 0 Å². The molecule has 0 aliphatic carbocycles. The van der Waals surface area contributed by atoms with Gasteiger partial charge in [-0.1, -0.05) is 49.9 Å². The Kier molecular flexibility index (Phi) is 10.5. The molecule has 5 rings (SSSR count). The summed E-state index contributed by atoms with van der Waals surface area (Å²) in [5.74, 6) is 2.16. The van der Waals surface area contributed by atoms with Gasteiger partial charge in [-0.15, -0.1) is 18.3 Å². The summed E-state index contributed by atoms with van der Waals surface area (Å²) in [7, 11) is 1.66. The van der Waals surface area contributed by atoms with Crippen molar-refractivity contribution in [3.05, 3.63) is 84.2 Å². The molecular formula is C33H35F3N6O3S. The summed E-state index contributed by atoms with van der Waals surface area (Å²) < 4.78 is 48.0. The molecular weight excluding hydrogens is 617 g/mol. The third-order valence-electron chi connectivity index (χ3n) is 7.33. The normalized spacial score (nSPS) is 14.2. The lowest BCUT2D eigenvalue weighted by atomic mass is 10.00. The molecule has 0 radical (unpaired) electrons. The minimum Gasteiger partial charge on any atom is -0.497 e. The van der Waals surface area contributed by atoms with E-state index >= 15 is 0 Å². The Hall–Kier alpha value is -4.52. The summed E-state index contributed by atoms with van der Waals surface area (Å²) in [6.45, 7) is 5.60. The molecule has 0 bridgehead atoms. The molecule has 1 saturated heterocycles. The van der Waals surface area contributed by atoms with E-state index in [0.29, 0.717) is 29.1 Å². The van der Waals surface area contributed by atoms with Gasteiger partial charge in [0.15, 0.2) is 11.0 Å². The van der Waals surface area contributed by atoms with Crippen LogP contribution in [0.3, 0.4) is 0 Å². The number of aliphatic imine (C=N–C) groups is 1. The van der Waals surface area contributed by atoms with Crippen LogP contribution in [0.2, 0.25) is 0 Å². The summed E-state index contributed by atoms with van der Waals surface area (Å²) in [6.07, 6.45) is -0.690. The molecule has 1 aliphatic heterocycles. The van der Waals surface area contributed by atoms with Crippen molar-refractivity contribution in [2.24, 2.45) is 4.99 Å². The van der Waals surface area contributed by atoms with Crippen LogP contribution >= 0.6 is 11.8 Å². The molecule has 9 nitrogen and oxygen atoms in total. The number of halogens is 3. The second-order valence-electron chi connectivity index (χ2n) is 10.9. The zero-order valence-corrected chi connectivity index (χ0v) is 26.6. The van der Waals surface area contributed by atoms with E-state index in [-0.39, 0.29) is 11.8 Å². The first-order valence-corrected chi connectivity index (χ1v) is 15.9. The number of nitrogens with one attached hydrogen (secondary N) is 1. The third-order valence-corrected chi connectivity index (χ3v) is 8.29. The standard InChI is InChI=1S/C33H35F3N6O3S/c1-22(2)28-20-27(44-3)15-16-29(28)41-18-19-46-32(41)39-31(43)37-17-5-4-6-23-7-9-24(10-8-23)30-38-21-42(40-30)25-11-13-26(14-12-25)45-33(34,35)36/h7-16,20-22H,4-6,17-19H2,1-3H3,(H,37,43)/b39-32-. The molecule has 2 amide bonds. The Morgan fingerprint density at radius 2 is 1.78 bits per heavy atom. The molecule has 0 atom stereocenters. The molecule has 2 heterocycles. The molecule has 0 unspecified atom stereocenters. The number of ether oxygens (including phenoxy) is 2. The highest BCUT2D eigenvalue weighted by Crippen LogP contribution is 2.35. The number of alkyl halides is 3. The molecule has 1 fully saturated rings. The highest BCUT2D eigenvalue weighted by atomic mass is 32.2. The summed E-state index contributed by atoms with van der Waals surface area (Å²) in [5.41, 5.74) is 4.73. The van der Waals surface area contributed by atoms with Gasteiger partial charge in [0.25, 0.3) is 0 Å². The van der Waals surface area contributed by atoms with Crippen LogP contribution in [0.4, 0.5) is 23.7 Å². The number of urea groups is 1. The van der Waals surface area contributed by atoms with Gasteiger partial charge in [-0.25, -0.2) is 14.5 Å². The number of carbonyl (C=O) groups is 1.